The van der Waals surface area contributed by atoms with Crippen molar-refractivity contribution in [2.75, 3.05) is 0 Å². The number of rotatable bonds is 8. The molecule has 0 aliphatic heterocycles. The Labute approximate surface area is 251 Å². The third-order valence-corrected chi connectivity index (χ3v) is 7.67. The lowest BCUT2D eigenvalue weighted by Gasteiger charge is -2.10. The smallest absolute Gasteiger partial charge is 0.416 e. The fourth-order valence-corrected chi connectivity index (χ4v) is 5.16. The summed E-state index contributed by atoms with van der Waals surface area (Å²) in [4.78, 5) is 16.3. The molecule has 0 amide bonds. The van der Waals surface area contributed by atoms with Crippen LogP contribution in [0.5, 0.6) is 11.5 Å². The van der Waals surface area contributed by atoms with E-state index in [1.807, 2.05) is 18.2 Å². The van der Waals surface area contributed by atoms with Gasteiger partial charge in [0.15, 0.2) is 0 Å². The molecule has 1 heterocycles. The molecule has 0 fully saturated rings. The van der Waals surface area contributed by atoms with Crippen LogP contribution < -0.4 is 9.54 Å². The number of carboxylic acids is 1. The van der Waals surface area contributed by atoms with Crippen molar-refractivity contribution < 1.29 is 27.8 Å². The highest BCUT2D eigenvalue weighted by Gasteiger charge is 2.30. The fraction of sp³-hybridized carbons (Fsp3) is 0.100. The van der Waals surface area contributed by atoms with E-state index in [0.717, 1.165) is 17.7 Å². The molecule has 214 valence electrons. The number of aromatic nitrogens is 2. The minimum absolute atomic E-state index is 0.0535. The Balaban J connectivity index is 1.49. The Hall–Kier alpha value is -4.12. The average Bonchev–Trinajstić information content (AvgIpc) is 3.33. The topological polar surface area (TPSA) is 76.7 Å². The van der Waals surface area contributed by atoms with E-state index < -0.39 is 17.7 Å². The van der Waals surface area contributed by atoms with Crippen LogP contribution in [0.3, 0.4) is 0 Å². The molecule has 12 heteroatoms. The molecular formula is C30H20Cl2F3N3O3S. The van der Waals surface area contributed by atoms with Gasteiger partial charge in [0, 0.05) is 5.56 Å². The molecule has 5 aromatic rings. The number of aliphatic carboxylic acids is 1. The molecule has 0 bridgehead atoms. The van der Waals surface area contributed by atoms with Gasteiger partial charge in [-0.25, -0.2) is 9.67 Å². The summed E-state index contributed by atoms with van der Waals surface area (Å²) in [5, 5.41) is 15.1. The summed E-state index contributed by atoms with van der Waals surface area (Å²) in [5.41, 5.74) is 1.98. The Morgan fingerprint density at radius 3 is 2.29 bits per heavy atom. The first kappa shape index (κ1) is 29.4. The highest BCUT2D eigenvalue weighted by atomic mass is 35.5. The second-order valence-electron chi connectivity index (χ2n) is 9.10. The van der Waals surface area contributed by atoms with Gasteiger partial charge in [0.2, 0.25) is 4.80 Å². The standard InChI is InChI=1S/C30H20Cl2F3N3O3S/c31-25-12-11-22(16-26(25)32)36-29-38(17-19-9-7-18(8-10-19)13-27(39)40)37-28(42-29)20-3-1-5-23(14-20)41-24-6-2-4-21(15-24)30(33,34)35/h1-12,14-16H,13,17H2,(H,39,40). The summed E-state index contributed by atoms with van der Waals surface area (Å²) >= 11 is 13.5. The van der Waals surface area contributed by atoms with Crippen LogP contribution in [-0.4, -0.2) is 20.9 Å². The summed E-state index contributed by atoms with van der Waals surface area (Å²) < 4.78 is 46.9. The summed E-state index contributed by atoms with van der Waals surface area (Å²) in [6, 6.07) is 23.7. The number of nitrogens with zero attached hydrogens (tertiary/aromatic N) is 3. The Morgan fingerprint density at radius 1 is 0.905 bits per heavy atom. The van der Waals surface area contributed by atoms with Crippen molar-refractivity contribution >= 4 is 46.2 Å². The molecule has 1 aromatic heterocycles. The van der Waals surface area contributed by atoms with Crippen molar-refractivity contribution in [3.8, 4) is 22.1 Å². The molecule has 4 aromatic carbocycles. The lowest BCUT2D eigenvalue weighted by atomic mass is 10.1. The van der Waals surface area contributed by atoms with Crippen LogP contribution in [0.4, 0.5) is 18.9 Å². The van der Waals surface area contributed by atoms with Crippen molar-refractivity contribution in [1.82, 2.24) is 9.78 Å². The van der Waals surface area contributed by atoms with Gasteiger partial charge in [0.05, 0.1) is 34.3 Å². The van der Waals surface area contributed by atoms with Crippen molar-refractivity contribution in [2.24, 2.45) is 4.99 Å². The maximum absolute atomic E-state index is 13.1. The van der Waals surface area contributed by atoms with E-state index in [9.17, 15) is 18.0 Å². The van der Waals surface area contributed by atoms with Gasteiger partial charge in [-0.05, 0) is 59.7 Å². The van der Waals surface area contributed by atoms with Crippen molar-refractivity contribution in [3.63, 3.8) is 0 Å². The van der Waals surface area contributed by atoms with Crippen LogP contribution in [0.25, 0.3) is 10.6 Å². The number of carboxylic acid groups (broad SMARTS) is 1. The SMILES string of the molecule is O=C(O)Cc1ccc(Cn2nc(-c3cccc(Oc4cccc(C(F)(F)F)c4)c3)sc2=Nc2ccc(Cl)c(Cl)c2)cc1. The molecule has 0 atom stereocenters. The number of carbonyl (C=O) groups is 1. The number of hydrogen-bond acceptors (Lipinski definition) is 5. The van der Waals surface area contributed by atoms with Gasteiger partial charge in [-0.2, -0.15) is 18.3 Å². The summed E-state index contributed by atoms with van der Waals surface area (Å²) in [5.74, 6) is -0.522. The summed E-state index contributed by atoms with van der Waals surface area (Å²) in [6.07, 6.45) is -4.56. The minimum Gasteiger partial charge on any atom is -0.481 e. The molecule has 42 heavy (non-hydrogen) atoms. The average molecular weight is 630 g/mol. The number of hydrogen-bond donors (Lipinski definition) is 1. The van der Waals surface area contributed by atoms with Crippen LogP contribution >= 0.6 is 34.5 Å². The Morgan fingerprint density at radius 2 is 1.60 bits per heavy atom. The molecule has 0 aliphatic rings. The van der Waals surface area contributed by atoms with E-state index >= 15 is 0 Å². The zero-order valence-electron chi connectivity index (χ0n) is 21.5. The lowest BCUT2D eigenvalue weighted by molar-refractivity contribution is -0.138. The molecule has 0 spiro atoms. The van der Waals surface area contributed by atoms with Gasteiger partial charge in [0.1, 0.15) is 16.5 Å². The zero-order chi connectivity index (χ0) is 29.9. The molecule has 0 saturated heterocycles. The van der Waals surface area contributed by atoms with Crippen LogP contribution in [0.15, 0.2) is 96.0 Å². The van der Waals surface area contributed by atoms with Gasteiger partial charge < -0.3 is 9.84 Å². The number of halogens is 5. The summed E-state index contributed by atoms with van der Waals surface area (Å²) in [6.45, 7) is 0.338. The molecule has 6 nitrogen and oxygen atoms in total. The van der Waals surface area contributed by atoms with Crippen molar-refractivity contribution in [3.05, 3.63) is 123 Å². The largest absolute Gasteiger partial charge is 0.481 e. The highest BCUT2D eigenvalue weighted by molar-refractivity contribution is 7.12. The second-order valence-corrected chi connectivity index (χ2v) is 10.9. The first-order valence-electron chi connectivity index (χ1n) is 12.4. The Bertz CT molecular complexity index is 1820. The summed E-state index contributed by atoms with van der Waals surface area (Å²) in [7, 11) is 0. The second kappa shape index (κ2) is 12.4. The predicted octanol–water partition coefficient (Wildman–Crippen LogP) is 8.64. The van der Waals surface area contributed by atoms with Crippen LogP contribution in [-0.2, 0) is 23.9 Å². The van der Waals surface area contributed by atoms with Gasteiger partial charge >= 0.3 is 12.1 Å². The molecule has 5 rings (SSSR count). The van der Waals surface area contributed by atoms with E-state index in [0.29, 0.717) is 49.0 Å². The molecule has 0 aliphatic carbocycles. The molecule has 0 saturated carbocycles. The van der Waals surface area contributed by atoms with Crippen molar-refractivity contribution in [1.29, 1.82) is 0 Å². The van der Waals surface area contributed by atoms with E-state index in [4.69, 9.17) is 43.1 Å². The maximum atomic E-state index is 13.1. The number of benzene rings is 4. The minimum atomic E-state index is -4.49. The van der Waals surface area contributed by atoms with Gasteiger partial charge in [-0.1, -0.05) is 77.0 Å². The van der Waals surface area contributed by atoms with Gasteiger partial charge in [-0.3, -0.25) is 4.79 Å². The van der Waals surface area contributed by atoms with E-state index in [1.54, 1.807) is 53.2 Å². The molecule has 1 N–H and O–H groups in total. The number of alkyl halides is 3. The van der Waals surface area contributed by atoms with Crippen LogP contribution in [0.1, 0.15) is 16.7 Å². The maximum Gasteiger partial charge on any atom is 0.416 e. The van der Waals surface area contributed by atoms with E-state index in [2.05, 4.69) is 0 Å². The van der Waals surface area contributed by atoms with Crippen LogP contribution in [0, 0.1) is 0 Å². The van der Waals surface area contributed by atoms with Crippen molar-refractivity contribution in [2.45, 2.75) is 19.1 Å². The normalized spacial score (nSPS) is 12.0. The van der Waals surface area contributed by atoms with Gasteiger partial charge in [0.25, 0.3) is 0 Å². The fourth-order valence-electron chi connectivity index (χ4n) is 3.95. The highest BCUT2D eigenvalue weighted by Crippen LogP contribution is 2.34. The number of ether oxygens (including phenoxy) is 1. The first-order chi connectivity index (χ1) is 20.0. The van der Waals surface area contributed by atoms with E-state index in [-0.39, 0.29) is 12.2 Å². The quantitative estimate of drug-likeness (QED) is 0.186. The van der Waals surface area contributed by atoms with Gasteiger partial charge in [-0.15, -0.1) is 0 Å². The van der Waals surface area contributed by atoms with E-state index in [1.165, 1.54) is 23.5 Å². The Kier molecular flexibility index (Phi) is 8.67. The molecule has 0 radical (unpaired) electrons. The van der Waals surface area contributed by atoms with Crippen LogP contribution in [0.2, 0.25) is 10.0 Å². The monoisotopic (exact) mass is 629 g/mol. The molecule has 0 unspecified atom stereocenters. The third-order valence-electron chi connectivity index (χ3n) is 5.94. The zero-order valence-corrected chi connectivity index (χ0v) is 23.8. The lowest BCUT2D eigenvalue weighted by Crippen LogP contribution is -2.17. The third kappa shape index (κ3) is 7.39. The molecular weight excluding hydrogens is 610 g/mol. The predicted molar refractivity (Wildman–Crippen MR) is 156 cm³/mol. The first-order valence-corrected chi connectivity index (χ1v) is 13.9.